The van der Waals surface area contributed by atoms with E-state index in [1.165, 1.54) is 24.2 Å². The van der Waals surface area contributed by atoms with E-state index in [-0.39, 0.29) is 23.5 Å². The number of nitrogens with zero attached hydrogens (tertiary/aromatic N) is 3. The molecule has 0 saturated heterocycles. The van der Waals surface area contributed by atoms with Gasteiger partial charge in [-0.25, -0.2) is 0 Å². The van der Waals surface area contributed by atoms with Gasteiger partial charge in [0.05, 0.1) is 17.5 Å². The van der Waals surface area contributed by atoms with Gasteiger partial charge in [-0.3, -0.25) is 14.2 Å². The molecule has 6 nitrogen and oxygen atoms in total. The molecule has 0 aliphatic heterocycles. The SMILES string of the molecule is CC(=O)NC(C)c1ccc(C(=O)CSc2nnc(Cc3ccccc3)n2-c2ccc(C)cc2C)cc1. The first-order valence-electron chi connectivity index (χ1n) is 11.9. The van der Waals surface area contributed by atoms with Crippen molar-refractivity contribution in [2.45, 2.75) is 45.3 Å². The van der Waals surface area contributed by atoms with Crippen molar-refractivity contribution < 1.29 is 9.59 Å². The number of Topliss-reactive ketones (excluding diaryl/α,β-unsaturated/α-hetero) is 1. The Bertz CT molecular complexity index is 1360. The molecule has 0 aliphatic rings. The summed E-state index contributed by atoms with van der Waals surface area (Å²) in [5, 5.41) is 12.5. The third kappa shape index (κ3) is 6.10. The predicted molar refractivity (Wildman–Crippen MR) is 144 cm³/mol. The summed E-state index contributed by atoms with van der Waals surface area (Å²) in [6, 6.07) is 23.8. The van der Waals surface area contributed by atoms with Crippen molar-refractivity contribution in [1.82, 2.24) is 20.1 Å². The molecule has 3 aromatic carbocycles. The van der Waals surface area contributed by atoms with E-state index in [1.54, 1.807) is 0 Å². The second-order valence-electron chi connectivity index (χ2n) is 8.94. The van der Waals surface area contributed by atoms with Gasteiger partial charge in [0.2, 0.25) is 5.91 Å². The maximum atomic E-state index is 13.0. The standard InChI is InChI=1S/C29H30N4O2S/c1-19-10-15-26(20(2)16-19)33-28(17-23-8-6-5-7-9-23)31-32-29(33)36-18-27(35)25-13-11-24(12-14-25)21(3)30-22(4)34/h5-16,21H,17-18H2,1-4H3,(H,30,34). The van der Waals surface area contributed by atoms with E-state index in [9.17, 15) is 9.59 Å². The summed E-state index contributed by atoms with van der Waals surface area (Å²) < 4.78 is 2.07. The molecule has 1 N–H and O–H groups in total. The Labute approximate surface area is 216 Å². The number of aryl methyl sites for hydroxylation is 2. The Morgan fingerprint density at radius 3 is 2.36 bits per heavy atom. The molecule has 36 heavy (non-hydrogen) atoms. The number of benzene rings is 3. The zero-order chi connectivity index (χ0) is 25.7. The average Bonchev–Trinajstić information content (AvgIpc) is 3.24. The van der Waals surface area contributed by atoms with Gasteiger partial charge in [0.1, 0.15) is 5.82 Å². The second kappa shape index (κ2) is 11.4. The third-order valence-corrected chi connectivity index (χ3v) is 6.91. The molecular weight excluding hydrogens is 468 g/mol. The Morgan fingerprint density at radius 2 is 1.69 bits per heavy atom. The molecule has 7 heteroatoms. The van der Waals surface area contributed by atoms with Crippen molar-refractivity contribution in [3.8, 4) is 5.69 Å². The van der Waals surface area contributed by atoms with E-state index >= 15 is 0 Å². The van der Waals surface area contributed by atoms with Crippen LogP contribution in [0, 0.1) is 13.8 Å². The van der Waals surface area contributed by atoms with Gasteiger partial charge >= 0.3 is 0 Å². The summed E-state index contributed by atoms with van der Waals surface area (Å²) in [7, 11) is 0. The van der Waals surface area contributed by atoms with Gasteiger partial charge in [0.15, 0.2) is 10.9 Å². The molecule has 0 radical (unpaired) electrons. The minimum absolute atomic E-state index is 0.0125. The van der Waals surface area contributed by atoms with Crippen molar-refractivity contribution in [2.75, 3.05) is 5.75 Å². The maximum absolute atomic E-state index is 13.0. The second-order valence-corrected chi connectivity index (χ2v) is 9.89. The highest BCUT2D eigenvalue weighted by Crippen LogP contribution is 2.27. The molecule has 1 amide bonds. The van der Waals surface area contributed by atoms with Gasteiger partial charge in [-0.15, -0.1) is 10.2 Å². The molecule has 0 bridgehead atoms. The molecule has 1 atom stereocenters. The lowest BCUT2D eigenvalue weighted by Gasteiger charge is -2.14. The van der Waals surface area contributed by atoms with Crippen LogP contribution >= 0.6 is 11.8 Å². The fourth-order valence-electron chi connectivity index (χ4n) is 4.14. The third-order valence-electron chi connectivity index (χ3n) is 5.98. The number of amides is 1. The first kappa shape index (κ1) is 25.4. The van der Waals surface area contributed by atoms with E-state index in [0.29, 0.717) is 17.1 Å². The van der Waals surface area contributed by atoms with Crippen LogP contribution in [-0.4, -0.2) is 32.2 Å². The minimum atomic E-state index is -0.111. The van der Waals surface area contributed by atoms with E-state index in [4.69, 9.17) is 0 Å². The van der Waals surface area contributed by atoms with Crippen LogP contribution in [0.3, 0.4) is 0 Å². The molecule has 1 heterocycles. The van der Waals surface area contributed by atoms with Gasteiger partial charge in [-0.05, 0) is 43.5 Å². The fourth-order valence-corrected chi connectivity index (χ4v) is 5.00. The van der Waals surface area contributed by atoms with E-state index in [2.05, 4.69) is 64.3 Å². The highest BCUT2D eigenvalue weighted by Gasteiger charge is 2.18. The summed E-state index contributed by atoms with van der Waals surface area (Å²) in [6.07, 6.45) is 0.642. The largest absolute Gasteiger partial charge is 0.350 e. The zero-order valence-electron chi connectivity index (χ0n) is 21.0. The predicted octanol–water partition coefficient (Wildman–Crippen LogP) is 5.65. The van der Waals surface area contributed by atoms with Crippen molar-refractivity contribution in [3.63, 3.8) is 0 Å². The monoisotopic (exact) mass is 498 g/mol. The topological polar surface area (TPSA) is 76.9 Å². The van der Waals surface area contributed by atoms with E-state index < -0.39 is 0 Å². The Morgan fingerprint density at radius 1 is 0.972 bits per heavy atom. The normalized spacial score (nSPS) is 11.8. The smallest absolute Gasteiger partial charge is 0.217 e. The molecule has 0 fully saturated rings. The van der Waals surface area contributed by atoms with Crippen LogP contribution in [-0.2, 0) is 11.2 Å². The summed E-state index contributed by atoms with van der Waals surface area (Å²) in [5.41, 5.74) is 6.06. The highest BCUT2D eigenvalue weighted by molar-refractivity contribution is 7.99. The minimum Gasteiger partial charge on any atom is -0.350 e. The molecule has 184 valence electrons. The van der Waals surface area contributed by atoms with Crippen molar-refractivity contribution >= 4 is 23.5 Å². The van der Waals surface area contributed by atoms with Crippen LogP contribution < -0.4 is 5.32 Å². The number of thioether (sulfide) groups is 1. The fraction of sp³-hybridized carbons (Fsp3) is 0.241. The molecule has 0 aliphatic carbocycles. The van der Waals surface area contributed by atoms with Crippen molar-refractivity contribution in [1.29, 1.82) is 0 Å². The number of hydrogen-bond acceptors (Lipinski definition) is 5. The summed E-state index contributed by atoms with van der Waals surface area (Å²) >= 11 is 1.39. The molecule has 1 aromatic heterocycles. The van der Waals surface area contributed by atoms with Gasteiger partial charge < -0.3 is 5.32 Å². The van der Waals surface area contributed by atoms with Crippen LogP contribution in [0.1, 0.15) is 58.3 Å². The Balaban J connectivity index is 1.55. The van der Waals surface area contributed by atoms with E-state index in [0.717, 1.165) is 28.2 Å². The van der Waals surface area contributed by atoms with Gasteiger partial charge in [-0.1, -0.05) is 84.1 Å². The molecule has 0 spiro atoms. The molecule has 1 unspecified atom stereocenters. The average molecular weight is 499 g/mol. The van der Waals surface area contributed by atoms with Crippen LogP contribution in [0.5, 0.6) is 0 Å². The number of nitrogens with one attached hydrogen (secondary N) is 1. The van der Waals surface area contributed by atoms with Gasteiger partial charge in [0, 0.05) is 18.9 Å². The molecule has 0 saturated carbocycles. The first-order valence-corrected chi connectivity index (χ1v) is 12.9. The Hall–Kier alpha value is -3.71. The number of aromatic nitrogens is 3. The van der Waals surface area contributed by atoms with Crippen molar-refractivity contribution in [3.05, 3.63) is 106 Å². The van der Waals surface area contributed by atoms with E-state index in [1.807, 2.05) is 49.4 Å². The van der Waals surface area contributed by atoms with Crippen LogP contribution in [0.25, 0.3) is 5.69 Å². The summed E-state index contributed by atoms with van der Waals surface area (Å²) in [6.45, 7) is 7.57. The number of rotatable bonds is 9. The van der Waals surface area contributed by atoms with Crippen LogP contribution in [0.4, 0.5) is 0 Å². The van der Waals surface area contributed by atoms with Crippen molar-refractivity contribution in [2.24, 2.45) is 0 Å². The number of hydrogen-bond donors (Lipinski definition) is 1. The quantitative estimate of drug-likeness (QED) is 0.238. The lowest BCUT2D eigenvalue weighted by atomic mass is 10.0. The lowest BCUT2D eigenvalue weighted by Crippen LogP contribution is -2.23. The Kier molecular flexibility index (Phi) is 8.00. The van der Waals surface area contributed by atoms with Gasteiger partial charge in [0.25, 0.3) is 0 Å². The number of ketones is 1. The number of carbonyl (C=O) groups excluding carboxylic acids is 2. The summed E-state index contributed by atoms with van der Waals surface area (Å²) in [4.78, 5) is 24.3. The molecule has 4 rings (SSSR count). The van der Waals surface area contributed by atoms with Crippen LogP contribution in [0.2, 0.25) is 0 Å². The zero-order valence-corrected chi connectivity index (χ0v) is 21.8. The number of carbonyl (C=O) groups is 2. The lowest BCUT2D eigenvalue weighted by molar-refractivity contribution is -0.119. The van der Waals surface area contributed by atoms with Crippen LogP contribution in [0.15, 0.2) is 78.0 Å². The maximum Gasteiger partial charge on any atom is 0.217 e. The first-order chi connectivity index (χ1) is 17.3. The molecule has 4 aromatic rings. The van der Waals surface area contributed by atoms with Gasteiger partial charge in [-0.2, -0.15) is 0 Å². The summed E-state index contributed by atoms with van der Waals surface area (Å²) in [5.74, 6) is 1.01. The molecular formula is C29H30N4O2S. The highest BCUT2D eigenvalue weighted by atomic mass is 32.2.